The summed E-state index contributed by atoms with van der Waals surface area (Å²) in [4.78, 5) is 15.1. The maximum Gasteiger partial charge on any atom is 0.412 e. The molecule has 0 atom stereocenters. The first-order chi connectivity index (χ1) is 7.74. The number of nitrogens with one attached hydrogen (secondary N) is 2. The van der Waals surface area contributed by atoms with Crippen molar-refractivity contribution in [3.05, 3.63) is 30.1 Å². The molecule has 0 aromatic carbocycles. The van der Waals surface area contributed by atoms with E-state index in [2.05, 4.69) is 16.4 Å². The van der Waals surface area contributed by atoms with Crippen molar-refractivity contribution in [2.24, 2.45) is 0 Å². The van der Waals surface area contributed by atoms with Gasteiger partial charge in [-0.1, -0.05) is 19.4 Å². The van der Waals surface area contributed by atoms with Crippen molar-refractivity contribution in [2.75, 3.05) is 6.61 Å². The molecule has 0 spiro atoms. The Morgan fingerprint density at radius 1 is 1.69 bits per heavy atom. The highest BCUT2D eigenvalue weighted by atomic mass is 16.5. The van der Waals surface area contributed by atoms with E-state index in [1.165, 1.54) is 6.20 Å². The van der Waals surface area contributed by atoms with Crippen LogP contribution in [0.25, 0.3) is 0 Å². The van der Waals surface area contributed by atoms with Crippen molar-refractivity contribution in [3.8, 4) is 0 Å². The van der Waals surface area contributed by atoms with Crippen LogP contribution in [0.2, 0.25) is 0 Å². The van der Waals surface area contributed by atoms with Crippen LogP contribution in [-0.2, 0) is 4.74 Å². The smallest absolute Gasteiger partial charge is 0.412 e. The molecule has 0 unspecified atom stereocenters. The molecule has 0 bridgehead atoms. The van der Waals surface area contributed by atoms with Crippen LogP contribution in [0.1, 0.15) is 25.5 Å². The van der Waals surface area contributed by atoms with Crippen LogP contribution >= 0.6 is 0 Å². The average Bonchev–Trinajstić information content (AvgIpc) is 2.30. The Morgan fingerprint density at radius 3 is 3.12 bits per heavy atom. The Morgan fingerprint density at radius 2 is 2.50 bits per heavy atom. The molecule has 2 N–H and O–H groups in total. The van der Waals surface area contributed by atoms with Gasteiger partial charge in [-0.05, 0) is 12.5 Å². The lowest BCUT2D eigenvalue weighted by molar-refractivity contribution is 0.150. The predicted octanol–water partition coefficient (Wildman–Crippen LogP) is 1.73. The van der Waals surface area contributed by atoms with Crippen LogP contribution in [0.15, 0.2) is 18.3 Å². The van der Waals surface area contributed by atoms with Crippen molar-refractivity contribution in [2.45, 2.75) is 19.8 Å². The molecule has 0 saturated carbocycles. The van der Waals surface area contributed by atoms with E-state index in [0.717, 1.165) is 12.8 Å². The first-order valence-corrected chi connectivity index (χ1v) is 5.09. The van der Waals surface area contributed by atoms with E-state index >= 15 is 0 Å². The van der Waals surface area contributed by atoms with Crippen LogP contribution in [0.5, 0.6) is 0 Å². The fraction of sp³-hybridized carbons (Fsp3) is 0.364. The Kier molecular flexibility index (Phi) is 4.98. The van der Waals surface area contributed by atoms with Gasteiger partial charge in [0, 0.05) is 12.3 Å². The van der Waals surface area contributed by atoms with Crippen molar-refractivity contribution in [3.63, 3.8) is 0 Å². The second-order valence-corrected chi connectivity index (χ2v) is 3.13. The van der Waals surface area contributed by atoms with Gasteiger partial charge in [-0.15, -0.1) is 0 Å². The summed E-state index contributed by atoms with van der Waals surface area (Å²) in [5.74, 6) is -0.0736. The third-order valence-corrected chi connectivity index (χ3v) is 1.83. The molecule has 1 aromatic rings. The third kappa shape index (κ3) is 4.08. The second kappa shape index (κ2) is 6.55. The monoisotopic (exact) mass is 220 g/mol. The number of carbonyl (C=O) groups is 1. The van der Waals surface area contributed by atoms with E-state index in [-0.39, 0.29) is 5.84 Å². The van der Waals surface area contributed by atoms with Gasteiger partial charge < -0.3 is 4.74 Å². The minimum Gasteiger partial charge on any atom is -0.449 e. The number of carbonyl (C=O) groups excluding carboxylic acids is 1. The van der Waals surface area contributed by atoms with Gasteiger partial charge in [0.15, 0.2) is 5.84 Å². The quantitative estimate of drug-likeness (QED) is 0.461. The van der Waals surface area contributed by atoms with Crippen molar-refractivity contribution in [1.82, 2.24) is 10.3 Å². The number of alkyl carbamates (subject to hydrolysis) is 1. The van der Waals surface area contributed by atoms with Gasteiger partial charge in [0.1, 0.15) is 5.69 Å². The molecule has 0 saturated heterocycles. The molecular weight excluding hydrogens is 206 g/mol. The maximum atomic E-state index is 11.2. The molecule has 1 aromatic heterocycles. The van der Waals surface area contributed by atoms with Gasteiger partial charge in [0.05, 0.1) is 6.61 Å². The highest BCUT2D eigenvalue weighted by Crippen LogP contribution is 1.93. The van der Waals surface area contributed by atoms with Crippen molar-refractivity contribution >= 4 is 11.9 Å². The van der Waals surface area contributed by atoms with E-state index in [1.807, 2.05) is 6.92 Å². The average molecular weight is 220 g/mol. The fourth-order valence-corrected chi connectivity index (χ4v) is 0.979. The normalized spacial score (nSPS) is 9.56. The zero-order valence-corrected chi connectivity index (χ0v) is 9.12. The van der Waals surface area contributed by atoms with E-state index in [9.17, 15) is 4.79 Å². The van der Waals surface area contributed by atoms with Crippen molar-refractivity contribution in [1.29, 1.82) is 5.41 Å². The van der Waals surface area contributed by atoms with Crippen LogP contribution in [0.3, 0.4) is 0 Å². The largest absolute Gasteiger partial charge is 0.449 e. The Labute approximate surface area is 94.4 Å². The number of amides is 1. The molecule has 85 valence electrons. The van der Waals surface area contributed by atoms with Crippen molar-refractivity contribution < 1.29 is 9.53 Å². The lowest BCUT2D eigenvalue weighted by Crippen LogP contribution is -2.31. The summed E-state index contributed by atoms with van der Waals surface area (Å²) in [5, 5.41) is 9.85. The summed E-state index contributed by atoms with van der Waals surface area (Å²) < 4.78 is 4.85. The minimum absolute atomic E-state index is 0.0736. The molecular formula is C11H14N3O2. The molecule has 1 heterocycles. The highest BCUT2D eigenvalue weighted by Gasteiger charge is 2.07. The lowest BCUT2D eigenvalue weighted by Gasteiger charge is -2.06. The number of nitrogens with zero attached hydrogens (tertiary/aromatic N) is 1. The van der Waals surface area contributed by atoms with E-state index in [0.29, 0.717) is 12.3 Å². The zero-order chi connectivity index (χ0) is 11.8. The summed E-state index contributed by atoms with van der Waals surface area (Å²) in [6.45, 7) is 2.37. The standard InChI is InChI=1S/C11H14N3O2/c1-2-3-8-16-11(15)14-10(12)9-6-4-5-7-13-9/h4,6-7H,2-3,8H2,1H3,(H2,12,14,15). The number of amidine groups is 1. The van der Waals surface area contributed by atoms with Crippen LogP contribution in [-0.4, -0.2) is 23.5 Å². The summed E-state index contributed by atoms with van der Waals surface area (Å²) in [7, 11) is 0. The summed E-state index contributed by atoms with van der Waals surface area (Å²) in [6, 6.07) is 5.95. The number of hydrogen-bond donors (Lipinski definition) is 2. The molecule has 16 heavy (non-hydrogen) atoms. The lowest BCUT2D eigenvalue weighted by atomic mass is 10.3. The molecule has 0 aliphatic heterocycles. The van der Waals surface area contributed by atoms with Gasteiger partial charge in [-0.3, -0.25) is 15.7 Å². The van der Waals surface area contributed by atoms with Gasteiger partial charge in [-0.2, -0.15) is 0 Å². The maximum absolute atomic E-state index is 11.2. The highest BCUT2D eigenvalue weighted by molar-refractivity contribution is 6.03. The minimum atomic E-state index is -0.618. The summed E-state index contributed by atoms with van der Waals surface area (Å²) >= 11 is 0. The van der Waals surface area contributed by atoms with E-state index in [1.54, 1.807) is 12.1 Å². The number of rotatable bonds is 4. The molecule has 0 fully saturated rings. The van der Waals surface area contributed by atoms with Crippen LogP contribution in [0, 0.1) is 11.5 Å². The Bertz CT molecular complexity index is 352. The Balaban J connectivity index is 2.37. The molecule has 0 aliphatic carbocycles. The van der Waals surface area contributed by atoms with Gasteiger partial charge in [0.2, 0.25) is 0 Å². The topological polar surface area (TPSA) is 75.1 Å². The Hall–Kier alpha value is -1.91. The molecule has 0 aliphatic rings. The number of pyridine rings is 1. The fourth-order valence-electron chi connectivity index (χ4n) is 0.979. The zero-order valence-electron chi connectivity index (χ0n) is 9.12. The molecule has 5 heteroatoms. The first kappa shape index (κ1) is 12.2. The van der Waals surface area contributed by atoms with Crippen LogP contribution in [0.4, 0.5) is 4.79 Å². The molecule has 1 rings (SSSR count). The first-order valence-electron chi connectivity index (χ1n) is 5.09. The van der Waals surface area contributed by atoms with E-state index < -0.39 is 6.09 Å². The molecule has 5 nitrogen and oxygen atoms in total. The van der Waals surface area contributed by atoms with E-state index in [4.69, 9.17) is 10.1 Å². The van der Waals surface area contributed by atoms with Crippen LogP contribution < -0.4 is 5.32 Å². The van der Waals surface area contributed by atoms with Gasteiger partial charge >= 0.3 is 6.09 Å². The van der Waals surface area contributed by atoms with Gasteiger partial charge in [-0.25, -0.2) is 4.79 Å². The number of unbranched alkanes of at least 4 members (excludes halogenated alkanes) is 1. The summed E-state index contributed by atoms with van der Waals surface area (Å²) in [5.41, 5.74) is 0.381. The summed E-state index contributed by atoms with van der Waals surface area (Å²) in [6.07, 6.45) is 2.60. The molecule has 1 radical (unpaired) electrons. The SMILES string of the molecule is CCCCOC(=O)NC(=N)c1cc[c]cn1. The third-order valence-electron chi connectivity index (χ3n) is 1.83. The molecule has 1 amide bonds. The predicted molar refractivity (Wildman–Crippen MR) is 59.3 cm³/mol. The second-order valence-electron chi connectivity index (χ2n) is 3.13. The van der Waals surface area contributed by atoms with Gasteiger partial charge in [0.25, 0.3) is 0 Å². The number of aromatic nitrogens is 1. The number of ether oxygens (including phenoxy) is 1. The number of hydrogen-bond acceptors (Lipinski definition) is 4.